The second-order valence-corrected chi connectivity index (χ2v) is 6.66. The van der Waals surface area contributed by atoms with E-state index in [4.69, 9.17) is 28.3 Å². The van der Waals surface area contributed by atoms with Crippen LogP contribution in [0.25, 0.3) is 0 Å². The summed E-state index contributed by atoms with van der Waals surface area (Å²) in [5.41, 5.74) is 1.56. The lowest BCUT2D eigenvalue weighted by molar-refractivity contribution is -0.121. The van der Waals surface area contributed by atoms with Crippen LogP contribution in [0.15, 0.2) is 36.4 Å². The number of carbonyl (C=O) groups excluding carboxylic acids is 2. The van der Waals surface area contributed by atoms with Crippen LogP contribution in [0.1, 0.15) is 22.3 Å². The first-order valence-electron chi connectivity index (χ1n) is 7.71. The van der Waals surface area contributed by atoms with Gasteiger partial charge in [0.05, 0.1) is 27.7 Å². The third-order valence-corrected chi connectivity index (χ3v) is 4.94. The van der Waals surface area contributed by atoms with Gasteiger partial charge in [0, 0.05) is 5.69 Å². The van der Waals surface area contributed by atoms with Gasteiger partial charge in [0.1, 0.15) is 6.04 Å². The summed E-state index contributed by atoms with van der Waals surface area (Å²) in [6.45, 7) is 1.78. The number of benzene rings is 2. The van der Waals surface area contributed by atoms with E-state index >= 15 is 0 Å². The lowest BCUT2D eigenvalue weighted by Gasteiger charge is -2.18. The maximum absolute atomic E-state index is 12.7. The Morgan fingerprint density at radius 3 is 2.65 bits per heavy atom. The third-order valence-electron chi connectivity index (χ3n) is 4.13. The molecule has 2 aromatic carbocycles. The first kappa shape index (κ1) is 18.2. The summed E-state index contributed by atoms with van der Waals surface area (Å²) in [4.78, 5) is 37.3. The van der Waals surface area contributed by atoms with E-state index < -0.39 is 23.8 Å². The van der Waals surface area contributed by atoms with Crippen molar-refractivity contribution in [3.05, 3.63) is 57.6 Å². The van der Waals surface area contributed by atoms with E-state index in [1.807, 2.05) is 0 Å². The zero-order valence-electron chi connectivity index (χ0n) is 13.6. The standard InChI is InChI=1S/C18H14Cl2N2O4/c1-9-5-6-10(18(25)26)7-12(9)21-13-8-15(23)22(17(13)24)14-4-2-3-11(19)16(14)20/h2-7,13,21H,8H2,1H3,(H,25,26)/t13-/m0/s1. The highest BCUT2D eigenvalue weighted by Gasteiger charge is 2.40. The molecule has 1 aliphatic heterocycles. The molecule has 1 fully saturated rings. The van der Waals surface area contributed by atoms with Crippen molar-refractivity contribution in [1.29, 1.82) is 0 Å². The summed E-state index contributed by atoms with van der Waals surface area (Å²) in [5, 5.41) is 12.5. The number of anilines is 2. The number of imide groups is 1. The van der Waals surface area contributed by atoms with Crippen LogP contribution in [0.5, 0.6) is 0 Å². The molecule has 0 radical (unpaired) electrons. The number of aromatic carboxylic acids is 1. The predicted molar refractivity (Wildman–Crippen MR) is 99.1 cm³/mol. The molecule has 26 heavy (non-hydrogen) atoms. The first-order chi connectivity index (χ1) is 12.3. The number of carboxylic acids is 1. The van der Waals surface area contributed by atoms with Gasteiger partial charge in [0.25, 0.3) is 5.91 Å². The number of nitrogens with zero attached hydrogens (tertiary/aromatic N) is 1. The molecule has 6 nitrogen and oxygen atoms in total. The third kappa shape index (κ3) is 3.25. The summed E-state index contributed by atoms with van der Waals surface area (Å²) in [5.74, 6) is -1.96. The van der Waals surface area contributed by atoms with E-state index in [9.17, 15) is 14.4 Å². The lowest BCUT2D eigenvalue weighted by atomic mass is 10.1. The number of aryl methyl sites for hydroxylation is 1. The van der Waals surface area contributed by atoms with E-state index in [-0.39, 0.29) is 27.7 Å². The molecule has 2 N–H and O–H groups in total. The molecule has 0 aliphatic carbocycles. The fourth-order valence-electron chi connectivity index (χ4n) is 2.76. The highest BCUT2D eigenvalue weighted by molar-refractivity contribution is 6.45. The van der Waals surface area contributed by atoms with Gasteiger partial charge in [-0.15, -0.1) is 0 Å². The lowest BCUT2D eigenvalue weighted by Crippen LogP contribution is -2.35. The number of carboxylic acid groups (broad SMARTS) is 1. The van der Waals surface area contributed by atoms with Gasteiger partial charge >= 0.3 is 5.97 Å². The van der Waals surface area contributed by atoms with Gasteiger partial charge in [-0.1, -0.05) is 35.3 Å². The molecule has 2 amide bonds. The van der Waals surface area contributed by atoms with Crippen LogP contribution in [0, 0.1) is 6.92 Å². The summed E-state index contributed by atoms with van der Waals surface area (Å²) >= 11 is 12.1. The Bertz CT molecular complexity index is 929. The number of carbonyl (C=O) groups is 3. The zero-order valence-corrected chi connectivity index (χ0v) is 15.1. The summed E-state index contributed by atoms with van der Waals surface area (Å²) in [6.07, 6.45) is -0.0710. The van der Waals surface area contributed by atoms with E-state index in [2.05, 4.69) is 5.32 Å². The SMILES string of the molecule is Cc1ccc(C(=O)O)cc1N[C@H]1CC(=O)N(c2cccc(Cl)c2Cl)C1=O. The smallest absolute Gasteiger partial charge is 0.335 e. The highest BCUT2D eigenvalue weighted by Crippen LogP contribution is 2.35. The largest absolute Gasteiger partial charge is 0.478 e. The van der Waals surface area contributed by atoms with Crippen LogP contribution in [-0.2, 0) is 9.59 Å². The molecule has 1 heterocycles. The number of hydrogen-bond donors (Lipinski definition) is 2. The maximum Gasteiger partial charge on any atom is 0.335 e. The molecule has 1 saturated heterocycles. The van der Waals surface area contributed by atoms with E-state index in [0.29, 0.717) is 5.69 Å². The van der Waals surface area contributed by atoms with Crippen molar-refractivity contribution in [1.82, 2.24) is 0 Å². The van der Waals surface area contributed by atoms with Gasteiger partial charge in [-0.05, 0) is 36.8 Å². The van der Waals surface area contributed by atoms with Crippen molar-refractivity contribution in [3.8, 4) is 0 Å². The molecule has 1 aliphatic rings. The Balaban J connectivity index is 1.89. The molecule has 2 aromatic rings. The molecule has 1 atom stereocenters. The summed E-state index contributed by atoms with van der Waals surface area (Å²) in [7, 11) is 0. The van der Waals surface area contributed by atoms with Crippen LogP contribution in [0.4, 0.5) is 11.4 Å². The minimum atomic E-state index is -1.07. The maximum atomic E-state index is 12.7. The van der Waals surface area contributed by atoms with Crippen molar-refractivity contribution in [2.24, 2.45) is 0 Å². The van der Waals surface area contributed by atoms with Crippen LogP contribution in [0.2, 0.25) is 10.0 Å². The normalized spacial score (nSPS) is 16.9. The fraction of sp³-hybridized carbons (Fsp3) is 0.167. The fourth-order valence-corrected chi connectivity index (χ4v) is 3.14. The molecule has 0 bridgehead atoms. The number of hydrogen-bond acceptors (Lipinski definition) is 4. The molecule has 0 spiro atoms. The Labute approximate surface area is 159 Å². The quantitative estimate of drug-likeness (QED) is 0.773. The average Bonchev–Trinajstić information content (AvgIpc) is 2.86. The molecule has 134 valence electrons. The van der Waals surface area contributed by atoms with Crippen LogP contribution in [0.3, 0.4) is 0 Å². The molecule has 0 unspecified atom stereocenters. The summed E-state index contributed by atoms with van der Waals surface area (Å²) in [6, 6.07) is 8.44. The Hall–Kier alpha value is -2.57. The Morgan fingerprint density at radius 2 is 1.96 bits per heavy atom. The Kier molecular flexibility index (Phi) is 4.89. The summed E-state index contributed by atoms with van der Waals surface area (Å²) < 4.78 is 0. The van der Waals surface area contributed by atoms with E-state index in [1.54, 1.807) is 31.2 Å². The van der Waals surface area contributed by atoms with E-state index in [0.717, 1.165) is 10.5 Å². The zero-order chi connectivity index (χ0) is 19.0. The van der Waals surface area contributed by atoms with Gasteiger partial charge in [0.2, 0.25) is 5.91 Å². The second-order valence-electron chi connectivity index (χ2n) is 5.88. The number of amides is 2. The number of nitrogens with one attached hydrogen (secondary N) is 1. The molecular formula is C18H14Cl2N2O4. The van der Waals surface area contributed by atoms with E-state index in [1.165, 1.54) is 12.1 Å². The minimum absolute atomic E-state index is 0.0710. The van der Waals surface area contributed by atoms with Gasteiger partial charge in [-0.25, -0.2) is 9.69 Å². The Morgan fingerprint density at radius 1 is 1.23 bits per heavy atom. The monoisotopic (exact) mass is 392 g/mol. The highest BCUT2D eigenvalue weighted by atomic mass is 35.5. The van der Waals surface area contributed by atoms with Crippen molar-refractivity contribution in [2.45, 2.75) is 19.4 Å². The van der Waals surface area contributed by atoms with Crippen molar-refractivity contribution >= 4 is 52.4 Å². The number of rotatable bonds is 4. The van der Waals surface area contributed by atoms with Crippen molar-refractivity contribution in [3.63, 3.8) is 0 Å². The van der Waals surface area contributed by atoms with Gasteiger partial charge in [-0.3, -0.25) is 9.59 Å². The molecule has 0 saturated carbocycles. The van der Waals surface area contributed by atoms with Crippen molar-refractivity contribution in [2.75, 3.05) is 10.2 Å². The minimum Gasteiger partial charge on any atom is -0.478 e. The van der Waals surface area contributed by atoms with Crippen molar-refractivity contribution < 1.29 is 19.5 Å². The topological polar surface area (TPSA) is 86.7 Å². The molecule has 3 rings (SSSR count). The van der Waals surface area contributed by atoms with Gasteiger partial charge in [0.15, 0.2) is 0 Å². The average molecular weight is 393 g/mol. The number of halogens is 2. The second kappa shape index (κ2) is 6.97. The molecule has 0 aromatic heterocycles. The molecule has 8 heteroatoms. The molecular weight excluding hydrogens is 379 g/mol. The van der Waals surface area contributed by atoms with Gasteiger partial charge in [-0.2, -0.15) is 0 Å². The van der Waals surface area contributed by atoms with Gasteiger partial charge < -0.3 is 10.4 Å². The van der Waals surface area contributed by atoms with Crippen LogP contribution < -0.4 is 10.2 Å². The van der Waals surface area contributed by atoms with Crippen LogP contribution >= 0.6 is 23.2 Å². The predicted octanol–water partition coefficient (Wildman–Crippen LogP) is 3.74. The van der Waals surface area contributed by atoms with Crippen LogP contribution in [-0.4, -0.2) is 28.9 Å². The first-order valence-corrected chi connectivity index (χ1v) is 8.46.